The number of aliphatic carboxylic acids is 1. The first-order chi connectivity index (χ1) is 11.9. The lowest BCUT2D eigenvalue weighted by atomic mass is 9.66. The van der Waals surface area contributed by atoms with E-state index in [0.717, 1.165) is 5.56 Å². The number of carbonyl (C=O) groups excluding carboxylic acids is 1. The first-order valence-corrected chi connectivity index (χ1v) is 8.59. The van der Waals surface area contributed by atoms with Crippen LogP contribution in [0.1, 0.15) is 44.1 Å². The highest BCUT2D eigenvalue weighted by Gasteiger charge is 2.44. The second-order valence-electron chi connectivity index (χ2n) is 7.13. The van der Waals surface area contributed by atoms with Crippen LogP contribution in [0, 0.1) is 17.2 Å². The summed E-state index contributed by atoms with van der Waals surface area (Å²) < 4.78 is 11.2. The summed E-state index contributed by atoms with van der Waals surface area (Å²) in [5.74, 6) is 0.329. The monoisotopic (exact) mass is 344 g/mol. The van der Waals surface area contributed by atoms with Crippen LogP contribution in [0.2, 0.25) is 0 Å². The number of carbonyl (C=O) groups is 1. The van der Waals surface area contributed by atoms with Crippen LogP contribution in [0.4, 0.5) is 0 Å². The molecule has 0 aliphatic heterocycles. The third kappa shape index (κ3) is 3.42. The number of nitriles is 1. The minimum absolute atomic E-state index is 0.00676. The zero-order chi connectivity index (χ0) is 18.1. The molecule has 3 rings (SSSR count). The van der Waals surface area contributed by atoms with Crippen LogP contribution >= 0.6 is 0 Å². The molecular formula is C19H22NO5-. The zero-order valence-corrected chi connectivity index (χ0v) is 14.3. The van der Waals surface area contributed by atoms with Crippen molar-refractivity contribution < 1.29 is 24.5 Å². The van der Waals surface area contributed by atoms with Crippen molar-refractivity contribution in [2.24, 2.45) is 5.92 Å². The van der Waals surface area contributed by atoms with Gasteiger partial charge in [-0.15, -0.1) is 0 Å². The average Bonchev–Trinajstić information content (AvgIpc) is 3.45. The molecule has 0 radical (unpaired) electrons. The van der Waals surface area contributed by atoms with Crippen molar-refractivity contribution in [2.45, 2.75) is 49.5 Å². The van der Waals surface area contributed by atoms with Gasteiger partial charge in [-0.25, -0.2) is 0 Å². The number of hydrogen-bond donors (Lipinski definition) is 1. The molecule has 6 nitrogen and oxygen atoms in total. The SMILES string of the molecule is COc1ccc(C2(C#N)CCC(O)(C(=O)[O-])CC2)cc1OCC1CC1. The van der Waals surface area contributed by atoms with Gasteiger partial charge in [0.25, 0.3) is 0 Å². The third-order valence-corrected chi connectivity index (χ3v) is 5.41. The van der Waals surface area contributed by atoms with E-state index in [1.54, 1.807) is 13.2 Å². The summed E-state index contributed by atoms with van der Waals surface area (Å²) in [6.45, 7) is 0.629. The fourth-order valence-corrected chi connectivity index (χ4v) is 3.34. The number of methoxy groups -OCH3 is 1. The van der Waals surface area contributed by atoms with Crippen LogP contribution in [0.5, 0.6) is 11.5 Å². The van der Waals surface area contributed by atoms with Crippen LogP contribution in [0.3, 0.4) is 0 Å². The minimum atomic E-state index is -1.85. The van der Waals surface area contributed by atoms with Gasteiger partial charge in [0.15, 0.2) is 11.5 Å². The Balaban J connectivity index is 1.84. The summed E-state index contributed by atoms with van der Waals surface area (Å²) in [7, 11) is 1.57. The number of ether oxygens (including phenoxy) is 2. The third-order valence-electron chi connectivity index (χ3n) is 5.41. The molecule has 2 saturated carbocycles. The predicted octanol–water partition coefficient (Wildman–Crippen LogP) is 1.30. The molecule has 1 N–H and O–H groups in total. The fourth-order valence-electron chi connectivity index (χ4n) is 3.34. The van der Waals surface area contributed by atoms with Gasteiger partial charge in [0, 0.05) is 0 Å². The summed E-state index contributed by atoms with van der Waals surface area (Å²) in [6.07, 6.45) is 2.84. The lowest BCUT2D eigenvalue weighted by Crippen LogP contribution is -2.52. The van der Waals surface area contributed by atoms with E-state index in [0.29, 0.717) is 24.0 Å². The van der Waals surface area contributed by atoms with Crippen molar-refractivity contribution in [3.8, 4) is 17.6 Å². The highest BCUT2D eigenvalue weighted by molar-refractivity contribution is 5.75. The Hall–Kier alpha value is -2.26. The van der Waals surface area contributed by atoms with Crippen LogP contribution in [0.25, 0.3) is 0 Å². The molecule has 6 heteroatoms. The molecule has 2 aliphatic rings. The lowest BCUT2D eigenvalue weighted by molar-refractivity contribution is -0.327. The quantitative estimate of drug-likeness (QED) is 0.834. The molecule has 1 aromatic rings. The summed E-state index contributed by atoms with van der Waals surface area (Å²) in [5, 5.41) is 31.0. The van der Waals surface area contributed by atoms with E-state index in [9.17, 15) is 20.3 Å². The van der Waals surface area contributed by atoms with Gasteiger partial charge >= 0.3 is 0 Å². The van der Waals surface area contributed by atoms with Gasteiger partial charge in [-0.3, -0.25) is 0 Å². The molecule has 0 spiro atoms. The summed E-state index contributed by atoms with van der Waals surface area (Å²) in [4.78, 5) is 11.1. The minimum Gasteiger partial charge on any atom is -0.547 e. The average molecular weight is 344 g/mol. The molecule has 2 fully saturated rings. The molecule has 0 heterocycles. The molecule has 2 aliphatic carbocycles. The van der Waals surface area contributed by atoms with Crippen LogP contribution in [0.15, 0.2) is 18.2 Å². The summed E-state index contributed by atoms with van der Waals surface area (Å²) in [6, 6.07) is 7.73. The second kappa shape index (κ2) is 6.57. The summed E-state index contributed by atoms with van der Waals surface area (Å²) in [5.41, 5.74) is -1.92. The smallest absolute Gasteiger partial charge is 0.161 e. The maximum Gasteiger partial charge on any atom is 0.161 e. The maximum atomic E-state index is 11.1. The highest BCUT2D eigenvalue weighted by atomic mass is 16.5. The normalized spacial score (nSPS) is 28.8. The molecular weight excluding hydrogens is 322 g/mol. The highest BCUT2D eigenvalue weighted by Crippen LogP contribution is 2.45. The number of rotatable bonds is 6. The predicted molar refractivity (Wildman–Crippen MR) is 86.9 cm³/mol. The number of hydrogen-bond acceptors (Lipinski definition) is 6. The van der Waals surface area contributed by atoms with Gasteiger partial charge in [0.1, 0.15) is 5.60 Å². The molecule has 134 valence electrons. The Morgan fingerprint density at radius 2 is 2.00 bits per heavy atom. The molecule has 0 amide bonds. The zero-order valence-electron chi connectivity index (χ0n) is 14.3. The molecule has 0 atom stereocenters. The molecule has 25 heavy (non-hydrogen) atoms. The number of aliphatic hydroxyl groups is 1. The first-order valence-electron chi connectivity index (χ1n) is 8.59. The summed E-state index contributed by atoms with van der Waals surface area (Å²) >= 11 is 0. The van der Waals surface area contributed by atoms with Crippen molar-refractivity contribution in [2.75, 3.05) is 13.7 Å². The molecule has 0 saturated heterocycles. The number of benzene rings is 1. The van der Waals surface area contributed by atoms with Crippen molar-refractivity contribution >= 4 is 5.97 Å². The van der Waals surface area contributed by atoms with Gasteiger partial charge in [-0.1, -0.05) is 6.07 Å². The molecule has 0 aromatic heterocycles. The largest absolute Gasteiger partial charge is 0.547 e. The Morgan fingerprint density at radius 3 is 2.52 bits per heavy atom. The topological polar surface area (TPSA) is 103 Å². The van der Waals surface area contributed by atoms with Gasteiger partial charge in [0.2, 0.25) is 0 Å². The molecule has 0 unspecified atom stereocenters. The second-order valence-corrected chi connectivity index (χ2v) is 7.13. The van der Waals surface area contributed by atoms with Crippen LogP contribution in [-0.2, 0) is 10.2 Å². The van der Waals surface area contributed by atoms with Crippen molar-refractivity contribution in [3.05, 3.63) is 23.8 Å². The van der Waals surface area contributed by atoms with Gasteiger partial charge in [0.05, 0.1) is 31.2 Å². The van der Waals surface area contributed by atoms with E-state index < -0.39 is 17.0 Å². The Kier molecular flexibility index (Phi) is 4.61. The molecule has 0 bridgehead atoms. The van der Waals surface area contributed by atoms with Crippen molar-refractivity contribution in [3.63, 3.8) is 0 Å². The Labute approximate surface area is 147 Å². The van der Waals surface area contributed by atoms with Crippen molar-refractivity contribution in [1.82, 2.24) is 0 Å². The molecule has 1 aromatic carbocycles. The van der Waals surface area contributed by atoms with E-state index in [1.165, 1.54) is 12.8 Å². The van der Waals surface area contributed by atoms with Gasteiger partial charge in [-0.2, -0.15) is 5.26 Å². The van der Waals surface area contributed by atoms with E-state index in [4.69, 9.17) is 9.47 Å². The van der Waals surface area contributed by atoms with E-state index in [2.05, 4.69) is 6.07 Å². The number of carboxylic acid groups (broad SMARTS) is 1. The van der Waals surface area contributed by atoms with Crippen LogP contribution < -0.4 is 14.6 Å². The first kappa shape index (κ1) is 17.6. The van der Waals surface area contributed by atoms with Crippen molar-refractivity contribution in [1.29, 1.82) is 5.26 Å². The number of nitrogens with zero attached hydrogens (tertiary/aromatic N) is 1. The van der Waals surface area contributed by atoms with Gasteiger partial charge in [-0.05, 0) is 62.1 Å². The Bertz CT molecular complexity index is 696. The fraction of sp³-hybridized carbons (Fsp3) is 0.579. The Morgan fingerprint density at radius 1 is 1.32 bits per heavy atom. The number of carboxylic acids is 1. The maximum absolute atomic E-state index is 11.1. The van der Waals surface area contributed by atoms with E-state index in [-0.39, 0.29) is 25.7 Å². The van der Waals surface area contributed by atoms with E-state index >= 15 is 0 Å². The lowest BCUT2D eigenvalue weighted by Gasteiger charge is -2.41. The standard InChI is InChI=1S/C19H23NO5/c1-24-15-5-4-14(10-16(15)25-11-13-2-3-13)18(12-20)6-8-19(23,9-7-18)17(21)22/h4-5,10,13,23H,2-3,6-9,11H2,1H3,(H,21,22)/p-1. The van der Waals surface area contributed by atoms with Gasteiger partial charge < -0.3 is 24.5 Å². The van der Waals surface area contributed by atoms with Crippen LogP contribution in [-0.4, -0.2) is 30.4 Å². The van der Waals surface area contributed by atoms with E-state index in [1.807, 2.05) is 12.1 Å².